The van der Waals surface area contributed by atoms with E-state index in [2.05, 4.69) is 11.0 Å². The molecule has 5 heteroatoms. The largest absolute Gasteiger partial charge is 0.392 e. The number of hydrogen-bond acceptors (Lipinski definition) is 3. The van der Waals surface area contributed by atoms with E-state index in [0.717, 1.165) is 44.0 Å². The Morgan fingerprint density at radius 1 is 1.35 bits per heavy atom. The van der Waals surface area contributed by atoms with Crippen LogP contribution in [0.5, 0.6) is 0 Å². The van der Waals surface area contributed by atoms with E-state index in [1.165, 1.54) is 5.56 Å². The number of aliphatic hydroxyl groups is 1. The van der Waals surface area contributed by atoms with E-state index in [0.29, 0.717) is 12.5 Å². The summed E-state index contributed by atoms with van der Waals surface area (Å²) in [7, 11) is 0. The summed E-state index contributed by atoms with van der Waals surface area (Å²) in [6.07, 6.45) is 1.46. The van der Waals surface area contributed by atoms with Gasteiger partial charge in [-0.1, -0.05) is 30.7 Å². The maximum Gasteiger partial charge on any atom is 0.226 e. The fourth-order valence-electron chi connectivity index (χ4n) is 3.39. The summed E-state index contributed by atoms with van der Waals surface area (Å²) in [5.74, 6) is 0.744. The lowest BCUT2D eigenvalue weighted by Crippen LogP contribution is -2.50. The molecule has 1 aromatic rings. The number of hydrogen-bond donors (Lipinski definition) is 1. The van der Waals surface area contributed by atoms with E-state index in [9.17, 15) is 9.90 Å². The normalized spacial score (nSPS) is 26.1. The molecular formula is C18H25ClN2O2. The summed E-state index contributed by atoms with van der Waals surface area (Å²) >= 11 is 6.04. The van der Waals surface area contributed by atoms with E-state index in [1.54, 1.807) is 0 Å². The fourth-order valence-corrected chi connectivity index (χ4v) is 3.58. The summed E-state index contributed by atoms with van der Waals surface area (Å²) in [6, 6.07) is 7.86. The summed E-state index contributed by atoms with van der Waals surface area (Å²) < 4.78 is 0. The zero-order chi connectivity index (χ0) is 16.4. The van der Waals surface area contributed by atoms with Crippen LogP contribution in [0.15, 0.2) is 24.3 Å². The molecule has 1 aromatic carbocycles. The molecule has 1 amide bonds. The Hall–Kier alpha value is -1.10. The molecule has 23 heavy (non-hydrogen) atoms. The molecule has 2 fully saturated rings. The Kier molecular flexibility index (Phi) is 5.24. The monoisotopic (exact) mass is 336 g/mol. The summed E-state index contributed by atoms with van der Waals surface area (Å²) in [5.41, 5.74) is 1.18. The van der Waals surface area contributed by atoms with Crippen LogP contribution in [-0.4, -0.2) is 59.6 Å². The van der Waals surface area contributed by atoms with Gasteiger partial charge in [-0.15, -0.1) is 0 Å². The van der Waals surface area contributed by atoms with Crippen LogP contribution in [0.25, 0.3) is 0 Å². The van der Waals surface area contributed by atoms with Crippen LogP contribution in [-0.2, 0) is 4.79 Å². The molecule has 1 saturated carbocycles. The highest BCUT2D eigenvalue weighted by atomic mass is 35.5. The Bertz CT molecular complexity index is 558. The quantitative estimate of drug-likeness (QED) is 0.897. The standard InChI is InChI=1S/C18H25ClN2O2/c1-2-15(22)12-20-6-8-21(9-7-20)18(23)17-11-16(17)13-4-3-5-14(19)10-13/h3-5,10,15-17,22H,2,6-9,11-12H2,1H3. The molecule has 3 unspecified atom stereocenters. The van der Waals surface area contributed by atoms with Crippen LogP contribution in [0, 0.1) is 5.92 Å². The van der Waals surface area contributed by atoms with Gasteiger partial charge >= 0.3 is 0 Å². The maximum atomic E-state index is 12.6. The highest BCUT2D eigenvalue weighted by Gasteiger charge is 2.46. The van der Waals surface area contributed by atoms with Crippen molar-refractivity contribution in [2.24, 2.45) is 5.92 Å². The SMILES string of the molecule is CCC(O)CN1CCN(C(=O)C2CC2c2cccc(Cl)c2)CC1. The third kappa shape index (κ3) is 4.06. The predicted octanol–water partition coefficient (Wildman–Crippen LogP) is 2.36. The van der Waals surface area contributed by atoms with Crippen molar-refractivity contribution in [3.05, 3.63) is 34.9 Å². The number of carbonyl (C=O) groups is 1. The van der Waals surface area contributed by atoms with E-state index in [-0.39, 0.29) is 17.9 Å². The van der Waals surface area contributed by atoms with E-state index in [1.807, 2.05) is 30.0 Å². The number of piperazine rings is 1. The summed E-state index contributed by atoms with van der Waals surface area (Å²) in [5, 5.41) is 10.5. The number of β-amino-alcohol motifs (C(OH)–C–C–N with tert-alkyl or cyclic N) is 1. The van der Waals surface area contributed by atoms with Gasteiger partial charge in [-0.25, -0.2) is 0 Å². The van der Waals surface area contributed by atoms with Gasteiger partial charge < -0.3 is 10.0 Å². The first-order valence-corrected chi connectivity index (χ1v) is 8.91. The number of halogens is 1. The van der Waals surface area contributed by atoms with Crippen molar-refractivity contribution in [1.29, 1.82) is 0 Å². The highest BCUT2D eigenvalue weighted by molar-refractivity contribution is 6.30. The third-order valence-corrected chi connectivity index (χ3v) is 5.24. The van der Waals surface area contributed by atoms with Crippen LogP contribution < -0.4 is 0 Å². The van der Waals surface area contributed by atoms with Gasteiger partial charge in [0.25, 0.3) is 0 Å². The minimum absolute atomic E-state index is 0.126. The van der Waals surface area contributed by atoms with Gasteiger partial charge in [0.15, 0.2) is 0 Å². The molecule has 0 aromatic heterocycles. The molecule has 126 valence electrons. The second-order valence-corrected chi connectivity index (χ2v) is 7.13. The average molecular weight is 337 g/mol. The molecule has 1 N–H and O–H groups in total. The van der Waals surface area contributed by atoms with Crippen molar-refractivity contribution in [2.75, 3.05) is 32.7 Å². The minimum atomic E-state index is -0.257. The van der Waals surface area contributed by atoms with Crippen molar-refractivity contribution in [3.63, 3.8) is 0 Å². The average Bonchev–Trinajstić information content (AvgIpc) is 3.35. The second kappa shape index (κ2) is 7.20. The van der Waals surface area contributed by atoms with Crippen molar-refractivity contribution < 1.29 is 9.90 Å². The summed E-state index contributed by atoms with van der Waals surface area (Å²) in [4.78, 5) is 16.9. The molecule has 4 nitrogen and oxygen atoms in total. The first-order valence-electron chi connectivity index (χ1n) is 8.53. The van der Waals surface area contributed by atoms with Gasteiger partial charge in [0, 0.05) is 43.7 Å². The lowest BCUT2D eigenvalue weighted by Gasteiger charge is -2.35. The van der Waals surface area contributed by atoms with Crippen molar-refractivity contribution >= 4 is 17.5 Å². The Balaban J connectivity index is 1.49. The topological polar surface area (TPSA) is 43.8 Å². The predicted molar refractivity (Wildman–Crippen MR) is 91.6 cm³/mol. The van der Waals surface area contributed by atoms with Gasteiger partial charge in [-0.3, -0.25) is 9.69 Å². The molecule has 3 rings (SSSR count). The number of rotatable bonds is 5. The molecule has 3 atom stereocenters. The maximum absolute atomic E-state index is 12.6. The fraction of sp³-hybridized carbons (Fsp3) is 0.611. The molecule has 0 radical (unpaired) electrons. The van der Waals surface area contributed by atoms with Crippen LogP contribution in [0.1, 0.15) is 31.2 Å². The van der Waals surface area contributed by atoms with Gasteiger partial charge in [-0.2, -0.15) is 0 Å². The highest BCUT2D eigenvalue weighted by Crippen LogP contribution is 2.48. The number of aliphatic hydroxyl groups excluding tert-OH is 1. The van der Waals surface area contributed by atoms with E-state index >= 15 is 0 Å². The van der Waals surface area contributed by atoms with Crippen molar-refractivity contribution in [2.45, 2.75) is 31.8 Å². The number of benzene rings is 1. The van der Waals surface area contributed by atoms with Gasteiger partial charge in [-0.05, 0) is 36.5 Å². The Labute approximate surface area is 143 Å². The van der Waals surface area contributed by atoms with Crippen LogP contribution in [0.2, 0.25) is 5.02 Å². The van der Waals surface area contributed by atoms with Crippen LogP contribution in [0.3, 0.4) is 0 Å². The van der Waals surface area contributed by atoms with Crippen molar-refractivity contribution in [3.8, 4) is 0 Å². The number of nitrogens with zero attached hydrogens (tertiary/aromatic N) is 2. The smallest absolute Gasteiger partial charge is 0.226 e. The zero-order valence-corrected chi connectivity index (χ0v) is 14.4. The first-order chi connectivity index (χ1) is 11.1. The molecule has 1 saturated heterocycles. The molecule has 1 aliphatic heterocycles. The first kappa shape index (κ1) is 16.7. The number of carbonyl (C=O) groups excluding carboxylic acids is 1. The third-order valence-electron chi connectivity index (χ3n) is 5.01. The Morgan fingerprint density at radius 3 is 2.74 bits per heavy atom. The Morgan fingerprint density at radius 2 is 2.09 bits per heavy atom. The zero-order valence-electron chi connectivity index (χ0n) is 13.6. The second-order valence-electron chi connectivity index (χ2n) is 6.69. The van der Waals surface area contributed by atoms with Gasteiger partial charge in [0.05, 0.1) is 6.10 Å². The molecule has 2 aliphatic rings. The van der Waals surface area contributed by atoms with Crippen LogP contribution in [0.4, 0.5) is 0 Å². The van der Waals surface area contributed by atoms with Crippen molar-refractivity contribution in [1.82, 2.24) is 9.80 Å². The molecule has 1 heterocycles. The number of amides is 1. The van der Waals surface area contributed by atoms with Gasteiger partial charge in [0.2, 0.25) is 5.91 Å². The van der Waals surface area contributed by atoms with E-state index < -0.39 is 0 Å². The molecular weight excluding hydrogens is 312 g/mol. The minimum Gasteiger partial charge on any atom is -0.392 e. The molecule has 1 aliphatic carbocycles. The van der Waals surface area contributed by atoms with Gasteiger partial charge in [0.1, 0.15) is 0 Å². The lowest BCUT2D eigenvalue weighted by atomic mass is 10.1. The van der Waals surface area contributed by atoms with Crippen LogP contribution >= 0.6 is 11.6 Å². The summed E-state index contributed by atoms with van der Waals surface area (Å²) in [6.45, 7) is 5.97. The lowest BCUT2D eigenvalue weighted by molar-refractivity contribution is -0.134. The molecule has 0 bridgehead atoms. The molecule has 0 spiro atoms. The van der Waals surface area contributed by atoms with E-state index in [4.69, 9.17) is 11.6 Å².